The van der Waals surface area contributed by atoms with Gasteiger partial charge in [0.05, 0.1) is 11.4 Å². The smallest absolute Gasteiger partial charge is 0.0861 e. The lowest BCUT2D eigenvalue weighted by atomic mass is 10.2. The molecule has 0 aliphatic rings. The van der Waals surface area contributed by atoms with Crippen LogP contribution < -0.4 is 5.73 Å². The summed E-state index contributed by atoms with van der Waals surface area (Å²) in [4.78, 5) is 0. The van der Waals surface area contributed by atoms with E-state index in [0.29, 0.717) is 5.02 Å². The molecule has 0 spiro atoms. The van der Waals surface area contributed by atoms with Crippen LogP contribution in [-0.2, 0) is 0 Å². The molecule has 0 bridgehead atoms. The highest BCUT2D eigenvalue weighted by Crippen LogP contribution is 2.22. The van der Waals surface area contributed by atoms with E-state index in [9.17, 15) is 0 Å². The highest BCUT2D eigenvalue weighted by molar-refractivity contribution is 6.30. The number of azo groups is 1. The van der Waals surface area contributed by atoms with Gasteiger partial charge in [-0.1, -0.05) is 11.6 Å². The summed E-state index contributed by atoms with van der Waals surface area (Å²) >= 11 is 5.78. The zero-order valence-electron chi connectivity index (χ0n) is 9.39. The maximum absolute atomic E-state index is 5.78. The van der Waals surface area contributed by atoms with E-state index in [1.54, 1.807) is 12.1 Å². The predicted molar refractivity (Wildman–Crippen MR) is 71.2 cm³/mol. The maximum Gasteiger partial charge on any atom is 0.0861 e. The molecule has 0 heterocycles. The molecule has 0 aromatic heterocycles. The van der Waals surface area contributed by atoms with Gasteiger partial charge in [0.25, 0.3) is 0 Å². The van der Waals surface area contributed by atoms with E-state index in [-0.39, 0.29) is 0 Å². The highest BCUT2D eigenvalue weighted by Gasteiger charge is 1.95. The molecule has 0 aliphatic carbocycles. The topological polar surface area (TPSA) is 50.7 Å². The van der Waals surface area contributed by atoms with E-state index in [1.165, 1.54) is 0 Å². The van der Waals surface area contributed by atoms with Crippen LogP contribution in [0.3, 0.4) is 0 Å². The lowest BCUT2D eigenvalue weighted by molar-refractivity contribution is 1.22. The van der Waals surface area contributed by atoms with Crippen molar-refractivity contribution >= 4 is 28.7 Å². The lowest BCUT2D eigenvalue weighted by Crippen LogP contribution is -1.86. The molecule has 0 aliphatic heterocycles. The van der Waals surface area contributed by atoms with Crippen molar-refractivity contribution in [2.45, 2.75) is 6.92 Å². The molecular weight excluding hydrogens is 234 g/mol. The van der Waals surface area contributed by atoms with Crippen molar-refractivity contribution in [1.29, 1.82) is 0 Å². The maximum atomic E-state index is 5.78. The second-order valence-electron chi connectivity index (χ2n) is 3.72. The first-order chi connectivity index (χ1) is 8.15. The molecule has 0 saturated heterocycles. The van der Waals surface area contributed by atoms with Gasteiger partial charge in [-0.2, -0.15) is 10.2 Å². The van der Waals surface area contributed by atoms with Crippen LogP contribution >= 0.6 is 11.6 Å². The summed E-state index contributed by atoms with van der Waals surface area (Å²) in [5.41, 5.74) is 9.03. The molecule has 0 radical (unpaired) electrons. The van der Waals surface area contributed by atoms with Gasteiger partial charge in [0.15, 0.2) is 0 Å². The fourth-order valence-corrected chi connectivity index (χ4v) is 1.47. The molecule has 4 heteroatoms. The minimum absolute atomic E-state index is 0.687. The third kappa shape index (κ3) is 3.04. The number of aryl methyl sites for hydroxylation is 1. The van der Waals surface area contributed by atoms with E-state index >= 15 is 0 Å². The van der Waals surface area contributed by atoms with Gasteiger partial charge < -0.3 is 5.73 Å². The Bertz CT molecular complexity index is 547. The summed E-state index contributed by atoms with van der Waals surface area (Å²) in [5, 5.41) is 8.94. The van der Waals surface area contributed by atoms with Gasteiger partial charge in [0.2, 0.25) is 0 Å². The van der Waals surface area contributed by atoms with Crippen LogP contribution in [0.25, 0.3) is 0 Å². The Labute approximate surface area is 105 Å². The molecule has 2 N–H and O–H groups in total. The molecule has 0 unspecified atom stereocenters. The third-order valence-corrected chi connectivity index (χ3v) is 2.61. The van der Waals surface area contributed by atoms with Gasteiger partial charge in [0.1, 0.15) is 0 Å². The Morgan fingerprint density at radius 2 is 1.53 bits per heavy atom. The fraction of sp³-hybridized carbons (Fsp3) is 0.0769. The number of rotatable bonds is 2. The van der Waals surface area contributed by atoms with E-state index in [0.717, 1.165) is 22.6 Å². The van der Waals surface area contributed by atoms with Crippen LogP contribution in [0.1, 0.15) is 5.56 Å². The van der Waals surface area contributed by atoms with Crippen LogP contribution in [0.2, 0.25) is 5.02 Å². The number of hydrogen-bond donors (Lipinski definition) is 1. The van der Waals surface area contributed by atoms with Crippen LogP contribution in [0.5, 0.6) is 0 Å². The number of nitrogens with zero attached hydrogens (tertiary/aromatic N) is 2. The molecule has 0 amide bonds. The molecule has 2 aromatic carbocycles. The number of hydrogen-bond acceptors (Lipinski definition) is 3. The van der Waals surface area contributed by atoms with Crippen LogP contribution in [0.15, 0.2) is 52.7 Å². The monoisotopic (exact) mass is 245 g/mol. The third-order valence-electron chi connectivity index (χ3n) is 2.36. The van der Waals surface area contributed by atoms with Gasteiger partial charge in [-0.3, -0.25) is 0 Å². The number of anilines is 1. The van der Waals surface area contributed by atoms with Gasteiger partial charge in [-0.25, -0.2) is 0 Å². The van der Waals surface area contributed by atoms with Gasteiger partial charge in [-0.05, 0) is 55.0 Å². The van der Waals surface area contributed by atoms with Gasteiger partial charge in [0, 0.05) is 10.7 Å². The number of nitrogens with two attached hydrogens (primary N) is 1. The fourth-order valence-electron chi connectivity index (χ4n) is 1.35. The lowest BCUT2D eigenvalue weighted by Gasteiger charge is -1.99. The van der Waals surface area contributed by atoms with Crippen molar-refractivity contribution in [2.75, 3.05) is 5.73 Å². The average molecular weight is 246 g/mol. The van der Waals surface area contributed by atoms with Crippen LogP contribution in [-0.4, -0.2) is 0 Å². The molecule has 86 valence electrons. The Kier molecular flexibility index (Phi) is 3.40. The Morgan fingerprint density at radius 3 is 2.18 bits per heavy atom. The summed E-state index contributed by atoms with van der Waals surface area (Å²) in [5.74, 6) is 0. The Morgan fingerprint density at radius 1 is 0.941 bits per heavy atom. The minimum Gasteiger partial charge on any atom is -0.399 e. The van der Waals surface area contributed by atoms with Crippen molar-refractivity contribution < 1.29 is 0 Å². The molecule has 0 saturated carbocycles. The summed E-state index contributed by atoms with van der Waals surface area (Å²) in [6, 6.07) is 12.8. The largest absolute Gasteiger partial charge is 0.399 e. The van der Waals surface area contributed by atoms with Gasteiger partial charge in [-0.15, -0.1) is 0 Å². The summed E-state index contributed by atoms with van der Waals surface area (Å²) < 4.78 is 0. The first-order valence-electron chi connectivity index (χ1n) is 5.18. The van der Waals surface area contributed by atoms with Crippen molar-refractivity contribution in [2.24, 2.45) is 10.2 Å². The van der Waals surface area contributed by atoms with E-state index in [4.69, 9.17) is 17.3 Å². The Hall–Kier alpha value is -1.87. The number of halogens is 1. The molecular formula is C13H12ClN3. The van der Waals surface area contributed by atoms with E-state index in [2.05, 4.69) is 10.2 Å². The Balaban J connectivity index is 2.20. The second-order valence-corrected chi connectivity index (χ2v) is 4.15. The van der Waals surface area contributed by atoms with Crippen molar-refractivity contribution in [3.05, 3.63) is 53.1 Å². The van der Waals surface area contributed by atoms with Crippen molar-refractivity contribution in [3.8, 4) is 0 Å². The zero-order valence-corrected chi connectivity index (χ0v) is 10.1. The second kappa shape index (κ2) is 4.97. The molecule has 0 fully saturated rings. The predicted octanol–water partition coefficient (Wildman–Crippen LogP) is 4.65. The summed E-state index contributed by atoms with van der Waals surface area (Å²) in [7, 11) is 0. The van der Waals surface area contributed by atoms with Crippen LogP contribution in [0.4, 0.5) is 17.1 Å². The number of nitrogen functional groups attached to an aromatic ring is 1. The summed E-state index contributed by atoms with van der Waals surface area (Å²) in [6.45, 7) is 1.94. The first-order valence-corrected chi connectivity index (χ1v) is 5.56. The van der Waals surface area contributed by atoms with Crippen LogP contribution in [0, 0.1) is 6.92 Å². The average Bonchev–Trinajstić information content (AvgIpc) is 2.33. The normalized spacial score (nSPS) is 10.9. The zero-order chi connectivity index (χ0) is 12.3. The van der Waals surface area contributed by atoms with E-state index in [1.807, 2.05) is 37.3 Å². The quantitative estimate of drug-likeness (QED) is 0.608. The minimum atomic E-state index is 0.687. The van der Waals surface area contributed by atoms with Gasteiger partial charge >= 0.3 is 0 Å². The molecule has 2 aromatic rings. The number of benzene rings is 2. The SMILES string of the molecule is Cc1cc(/N=N/c2ccc(Cl)cc2)ccc1N. The molecule has 2 rings (SSSR count). The summed E-state index contributed by atoms with van der Waals surface area (Å²) in [6.07, 6.45) is 0. The molecule has 17 heavy (non-hydrogen) atoms. The molecule has 0 atom stereocenters. The van der Waals surface area contributed by atoms with Crippen molar-refractivity contribution in [3.63, 3.8) is 0 Å². The van der Waals surface area contributed by atoms with E-state index < -0.39 is 0 Å². The highest BCUT2D eigenvalue weighted by atomic mass is 35.5. The first kappa shape index (κ1) is 11.6. The van der Waals surface area contributed by atoms with Crippen molar-refractivity contribution in [1.82, 2.24) is 0 Å². The standard InChI is InChI=1S/C13H12ClN3/c1-9-8-12(6-7-13(9)15)17-16-11-4-2-10(14)3-5-11/h2-8H,15H2,1H3/b17-16+. The molecule has 3 nitrogen and oxygen atoms in total.